The number of nitrogens with two attached hydrogens (primary N) is 2. The van der Waals surface area contributed by atoms with E-state index in [1.165, 1.54) is 99.8 Å². The molecule has 0 atom stereocenters. The fourth-order valence-electron chi connectivity index (χ4n) is 8.78. The van der Waals surface area contributed by atoms with Crippen LogP contribution >= 0.6 is 0 Å². The first kappa shape index (κ1) is 24.6. The number of anilines is 2. The van der Waals surface area contributed by atoms with Crippen molar-refractivity contribution in [1.82, 2.24) is 0 Å². The third kappa shape index (κ3) is 3.54. The van der Waals surface area contributed by atoms with Gasteiger partial charge in [0.1, 0.15) is 0 Å². The van der Waals surface area contributed by atoms with Crippen molar-refractivity contribution in [2.45, 2.75) is 51.4 Å². The molecule has 6 aromatic carbocycles. The summed E-state index contributed by atoms with van der Waals surface area (Å²) in [5, 5.41) is 2.72. The molecule has 0 aromatic heterocycles. The van der Waals surface area contributed by atoms with Crippen molar-refractivity contribution in [3.63, 3.8) is 0 Å². The maximum Gasteiger partial charge on any atom is 0.0320 e. The normalized spacial score (nSPS) is 15.2. The van der Waals surface area contributed by atoms with Gasteiger partial charge in [-0.3, -0.25) is 0 Å². The van der Waals surface area contributed by atoms with Crippen molar-refractivity contribution >= 4 is 22.1 Å². The summed E-state index contributed by atoms with van der Waals surface area (Å²) in [4.78, 5) is 0. The predicted molar refractivity (Wildman–Crippen MR) is 184 cm³/mol. The SMILES string of the molecule is Nc1ccc2c(c1)-c1cc3c(cc1CC2)CCc1cc2cc4c(cc2cc1-3)-c1cc2c(cc1CC4)CCc1ccc(N)cc1-2. The lowest BCUT2D eigenvalue weighted by Crippen LogP contribution is -2.10. The van der Waals surface area contributed by atoms with E-state index < -0.39 is 0 Å². The zero-order valence-corrected chi connectivity index (χ0v) is 24.9. The van der Waals surface area contributed by atoms with Gasteiger partial charge >= 0.3 is 0 Å². The minimum absolute atomic E-state index is 0.846. The summed E-state index contributed by atoms with van der Waals surface area (Å²) in [5.74, 6) is 0. The zero-order chi connectivity index (χ0) is 29.1. The van der Waals surface area contributed by atoms with Crippen LogP contribution in [0.2, 0.25) is 0 Å². The largest absolute Gasteiger partial charge is 0.399 e. The molecular weight excluding hydrogens is 532 g/mol. The van der Waals surface area contributed by atoms with Gasteiger partial charge in [-0.25, -0.2) is 0 Å². The van der Waals surface area contributed by atoms with Crippen LogP contribution in [0.5, 0.6) is 0 Å². The highest BCUT2D eigenvalue weighted by molar-refractivity contribution is 5.97. The van der Waals surface area contributed by atoms with E-state index in [9.17, 15) is 0 Å². The summed E-state index contributed by atoms with van der Waals surface area (Å²) in [5.41, 5.74) is 37.0. The van der Waals surface area contributed by atoms with E-state index in [1.807, 2.05) is 12.1 Å². The molecule has 0 amide bonds. The van der Waals surface area contributed by atoms with E-state index in [0.29, 0.717) is 0 Å². The summed E-state index contributed by atoms with van der Waals surface area (Å²) in [6, 6.07) is 32.8. The molecule has 4 N–H and O–H groups in total. The molecule has 0 bridgehead atoms. The highest BCUT2D eigenvalue weighted by Crippen LogP contribution is 2.46. The van der Waals surface area contributed by atoms with E-state index in [0.717, 1.165) is 62.7 Å². The molecule has 4 aliphatic carbocycles. The van der Waals surface area contributed by atoms with Gasteiger partial charge in [-0.2, -0.15) is 0 Å². The Morgan fingerprint density at radius 1 is 0.273 bits per heavy atom. The lowest BCUT2D eigenvalue weighted by molar-refractivity contribution is 0.909. The summed E-state index contributed by atoms with van der Waals surface area (Å²) in [7, 11) is 0. The molecule has 0 heterocycles. The fourth-order valence-corrected chi connectivity index (χ4v) is 8.78. The van der Waals surface area contributed by atoms with Gasteiger partial charge in [0.25, 0.3) is 0 Å². The lowest BCUT2D eigenvalue weighted by Gasteiger charge is -2.28. The topological polar surface area (TPSA) is 52.0 Å². The number of benzene rings is 6. The smallest absolute Gasteiger partial charge is 0.0320 e. The molecule has 2 nitrogen and oxygen atoms in total. The summed E-state index contributed by atoms with van der Waals surface area (Å²) in [6.45, 7) is 0. The molecule has 0 saturated heterocycles. The first-order chi connectivity index (χ1) is 21.6. The van der Waals surface area contributed by atoms with E-state index in [-0.39, 0.29) is 0 Å². The van der Waals surface area contributed by atoms with Gasteiger partial charge < -0.3 is 11.5 Å². The molecule has 0 aliphatic heterocycles. The highest BCUT2D eigenvalue weighted by atomic mass is 14.5. The Morgan fingerprint density at radius 2 is 0.568 bits per heavy atom. The summed E-state index contributed by atoms with van der Waals surface area (Å²) >= 11 is 0. The second-order valence-corrected chi connectivity index (χ2v) is 13.5. The van der Waals surface area contributed by atoms with Crippen LogP contribution in [0.3, 0.4) is 0 Å². The minimum atomic E-state index is 0.846. The van der Waals surface area contributed by atoms with Gasteiger partial charge in [0, 0.05) is 11.4 Å². The first-order valence-corrected chi connectivity index (χ1v) is 16.3. The molecule has 2 heteroatoms. The van der Waals surface area contributed by atoms with E-state index in [1.54, 1.807) is 0 Å². The van der Waals surface area contributed by atoms with Crippen LogP contribution in [0, 0.1) is 0 Å². The maximum atomic E-state index is 6.27. The predicted octanol–water partition coefficient (Wildman–Crippen LogP) is 9.07. The minimum Gasteiger partial charge on any atom is -0.399 e. The van der Waals surface area contributed by atoms with Gasteiger partial charge in [-0.15, -0.1) is 0 Å². The Labute approximate surface area is 258 Å². The van der Waals surface area contributed by atoms with Crippen LogP contribution in [-0.2, 0) is 51.4 Å². The van der Waals surface area contributed by atoms with Gasteiger partial charge in [-0.05, 0) is 200 Å². The second-order valence-electron chi connectivity index (χ2n) is 13.5. The number of rotatable bonds is 0. The van der Waals surface area contributed by atoms with Crippen molar-refractivity contribution in [3.05, 3.63) is 129 Å². The summed E-state index contributed by atoms with van der Waals surface area (Å²) in [6.07, 6.45) is 8.84. The first-order valence-electron chi connectivity index (χ1n) is 16.3. The number of hydrogen-bond acceptors (Lipinski definition) is 2. The molecule has 0 saturated carbocycles. The van der Waals surface area contributed by atoms with Crippen molar-refractivity contribution in [3.8, 4) is 44.5 Å². The molecule has 44 heavy (non-hydrogen) atoms. The quantitative estimate of drug-likeness (QED) is 0.180. The molecule has 0 fully saturated rings. The highest BCUT2D eigenvalue weighted by Gasteiger charge is 2.26. The van der Waals surface area contributed by atoms with Crippen LogP contribution in [0.15, 0.2) is 84.9 Å². The molecule has 6 aromatic rings. The van der Waals surface area contributed by atoms with Crippen LogP contribution in [0.25, 0.3) is 55.3 Å². The van der Waals surface area contributed by atoms with E-state index >= 15 is 0 Å². The number of nitrogen functional groups attached to an aromatic ring is 2. The van der Waals surface area contributed by atoms with E-state index in [4.69, 9.17) is 11.5 Å². The standard InChI is InChI=1S/C42H34N2/c43-33-11-9-23-1-3-25-13-27-5-7-29-15-31-16-30-8-6-28-14-26-4-2-24-10-12-34(44)20-38(24)42(26)22-40(28)36(30)18-32(31)17-35(29)39(27)21-41(25)37(23)19-33/h9-22H,1-8,43-44H2. The molecular formula is C42H34N2. The number of aryl methyl sites for hydroxylation is 8. The third-order valence-corrected chi connectivity index (χ3v) is 11.0. The van der Waals surface area contributed by atoms with Crippen molar-refractivity contribution in [2.75, 3.05) is 11.5 Å². The Bertz CT molecular complexity index is 2100. The molecule has 10 rings (SSSR count). The van der Waals surface area contributed by atoms with Crippen molar-refractivity contribution in [2.24, 2.45) is 0 Å². The average Bonchev–Trinajstić information content (AvgIpc) is 3.04. The number of hydrogen-bond donors (Lipinski definition) is 2. The Morgan fingerprint density at radius 3 is 0.977 bits per heavy atom. The summed E-state index contributed by atoms with van der Waals surface area (Å²) < 4.78 is 0. The fraction of sp³-hybridized carbons (Fsp3) is 0.190. The van der Waals surface area contributed by atoms with Crippen LogP contribution in [0.1, 0.15) is 44.5 Å². The Kier molecular flexibility index (Phi) is 4.95. The van der Waals surface area contributed by atoms with Gasteiger partial charge in [0.05, 0.1) is 0 Å². The Hall–Kier alpha value is -4.82. The second kappa shape index (κ2) is 8.86. The van der Waals surface area contributed by atoms with Crippen molar-refractivity contribution in [1.29, 1.82) is 0 Å². The monoisotopic (exact) mass is 566 g/mol. The molecule has 0 spiro atoms. The van der Waals surface area contributed by atoms with Gasteiger partial charge in [-0.1, -0.05) is 36.4 Å². The third-order valence-electron chi connectivity index (χ3n) is 11.0. The average molecular weight is 567 g/mol. The van der Waals surface area contributed by atoms with Crippen LogP contribution in [0.4, 0.5) is 11.4 Å². The number of fused-ring (bicyclic) bond motifs is 13. The molecule has 212 valence electrons. The molecule has 0 unspecified atom stereocenters. The van der Waals surface area contributed by atoms with Gasteiger partial charge in [0.15, 0.2) is 0 Å². The van der Waals surface area contributed by atoms with Crippen LogP contribution < -0.4 is 11.5 Å². The van der Waals surface area contributed by atoms with E-state index in [2.05, 4.69) is 72.8 Å². The lowest BCUT2D eigenvalue weighted by atomic mass is 9.76. The van der Waals surface area contributed by atoms with Gasteiger partial charge in [0.2, 0.25) is 0 Å². The molecule has 0 radical (unpaired) electrons. The molecule has 4 aliphatic rings. The Balaban J connectivity index is 1.14. The van der Waals surface area contributed by atoms with Crippen LogP contribution in [-0.4, -0.2) is 0 Å². The van der Waals surface area contributed by atoms with Crippen molar-refractivity contribution < 1.29 is 0 Å². The maximum absolute atomic E-state index is 6.27. The zero-order valence-electron chi connectivity index (χ0n) is 24.9.